The van der Waals surface area contributed by atoms with Gasteiger partial charge in [0.15, 0.2) is 5.90 Å². The van der Waals surface area contributed by atoms with Crippen molar-refractivity contribution in [1.82, 2.24) is 0 Å². The molecule has 0 spiro atoms. The Morgan fingerprint density at radius 1 is 1.64 bits per heavy atom. The molecule has 0 radical (unpaired) electrons. The molecule has 4 nitrogen and oxygen atoms in total. The third-order valence-electron chi connectivity index (χ3n) is 1.84. The molecule has 0 aromatic rings. The molecule has 1 aliphatic heterocycles. The van der Waals surface area contributed by atoms with Gasteiger partial charge in [-0.15, -0.1) is 0 Å². The van der Waals surface area contributed by atoms with Gasteiger partial charge in [-0.05, 0) is 6.92 Å². The monoisotopic (exact) mass is 154 g/mol. The second-order valence-electron chi connectivity index (χ2n) is 2.59. The molecule has 11 heavy (non-hydrogen) atoms. The van der Waals surface area contributed by atoms with Gasteiger partial charge < -0.3 is 14.9 Å². The van der Waals surface area contributed by atoms with Crippen LogP contribution in [0.4, 0.5) is 0 Å². The molecule has 1 rings (SSSR count). The minimum atomic E-state index is -0.445. The van der Waals surface area contributed by atoms with Crippen LogP contribution in [0.3, 0.4) is 0 Å². The summed E-state index contributed by atoms with van der Waals surface area (Å²) >= 11 is 0. The second-order valence-corrected chi connectivity index (χ2v) is 2.59. The van der Waals surface area contributed by atoms with E-state index in [2.05, 4.69) is 0 Å². The zero-order chi connectivity index (χ0) is 8.43. The van der Waals surface area contributed by atoms with Crippen LogP contribution in [0, 0.1) is 22.7 Å². The summed E-state index contributed by atoms with van der Waals surface area (Å²) < 4.78 is 4.88. The van der Waals surface area contributed by atoms with Gasteiger partial charge >= 0.3 is 0 Å². The average Bonchev–Trinajstić information content (AvgIpc) is 2.01. The van der Waals surface area contributed by atoms with Crippen LogP contribution in [0.1, 0.15) is 6.92 Å². The summed E-state index contributed by atoms with van der Waals surface area (Å²) in [5, 5.41) is 14.6. The standard InChI is InChI=1S/C7H10N2O2/c1-4-6(8)5(2-10)3-11-7(4)9/h2,4-5,8-9H,3H2,1H3. The van der Waals surface area contributed by atoms with E-state index in [0.29, 0.717) is 6.29 Å². The number of hydrogen-bond donors (Lipinski definition) is 2. The molecule has 0 bridgehead atoms. The molecule has 0 aliphatic carbocycles. The van der Waals surface area contributed by atoms with E-state index in [1.165, 1.54) is 0 Å². The van der Waals surface area contributed by atoms with Crippen LogP contribution >= 0.6 is 0 Å². The molecule has 2 unspecified atom stereocenters. The molecule has 1 aliphatic rings. The summed E-state index contributed by atoms with van der Waals surface area (Å²) in [5.41, 5.74) is 0.288. The molecule has 1 fully saturated rings. The smallest absolute Gasteiger partial charge is 0.189 e. The molecule has 1 heterocycles. The van der Waals surface area contributed by atoms with E-state index in [1.807, 2.05) is 0 Å². The van der Waals surface area contributed by atoms with Crippen molar-refractivity contribution in [3.8, 4) is 0 Å². The van der Waals surface area contributed by atoms with Crippen LogP contribution < -0.4 is 0 Å². The van der Waals surface area contributed by atoms with E-state index in [9.17, 15) is 4.79 Å². The van der Waals surface area contributed by atoms with Crippen molar-refractivity contribution in [2.75, 3.05) is 6.61 Å². The third-order valence-corrected chi connectivity index (χ3v) is 1.84. The molecule has 4 heteroatoms. The summed E-state index contributed by atoms with van der Waals surface area (Å²) in [6.07, 6.45) is 0.700. The van der Waals surface area contributed by atoms with Gasteiger partial charge in [-0.2, -0.15) is 0 Å². The lowest BCUT2D eigenvalue weighted by molar-refractivity contribution is -0.110. The highest BCUT2D eigenvalue weighted by Gasteiger charge is 2.29. The van der Waals surface area contributed by atoms with Crippen molar-refractivity contribution in [2.24, 2.45) is 11.8 Å². The molecule has 0 aromatic heterocycles. The lowest BCUT2D eigenvalue weighted by Crippen LogP contribution is -2.38. The first kappa shape index (κ1) is 7.91. The van der Waals surface area contributed by atoms with E-state index in [-0.39, 0.29) is 24.1 Å². The molecule has 0 aromatic carbocycles. The largest absolute Gasteiger partial charge is 0.479 e. The normalized spacial score (nSPS) is 31.4. The SMILES string of the molecule is CC1C(=N)OCC(C=O)C1=N. The molecular formula is C7H10N2O2. The topological polar surface area (TPSA) is 74.0 Å². The Labute approximate surface area is 64.6 Å². The minimum absolute atomic E-state index is 0.0908. The highest BCUT2D eigenvalue weighted by molar-refractivity contribution is 6.09. The number of carbonyl (C=O) groups excluding carboxylic acids is 1. The number of nitrogens with one attached hydrogen (secondary N) is 2. The summed E-state index contributed by atoms with van der Waals surface area (Å²) in [7, 11) is 0. The first-order valence-electron chi connectivity index (χ1n) is 3.41. The zero-order valence-electron chi connectivity index (χ0n) is 6.26. The Morgan fingerprint density at radius 3 is 2.82 bits per heavy atom. The fourth-order valence-corrected chi connectivity index (χ4v) is 0.969. The minimum Gasteiger partial charge on any atom is -0.479 e. The first-order chi connectivity index (χ1) is 5.16. The van der Waals surface area contributed by atoms with Crippen molar-refractivity contribution >= 4 is 17.9 Å². The van der Waals surface area contributed by atoms with Gasteiger partial charge in [-0.1, -0.05) is 0 Å². The number of rotatable bonds is 1. The summed E-state index contributed by atoms with van der Waals surface area (Å²) in [4.78, 5) is 10.3. The lowest BCUT2D eigenvalue weighted by Gasteiger charge is -2.25. The highest BCUT2D eigenvalue weighted by atomic mass is 16.5. The number of carbonyl (C=O) groups is 1. The van der Waals surface area contributed by atoms with E-state index in [1.54, 1.807) is 6.92 Å². The molecular weight excluding hydrogens is 144 g/mol. The summed E-state index contributed by atoms with van der Waals surface area (Å²) in [6.45, 7) is 1.85. The Kier molecular flexibility index (Phi) is 2.03. The fraction of sp³-hybridized carbons (Fsp3) is 0.571. The molecule has 2 N–H and O–H groups in total. The maximum atomic E-state index is 10.3. The molecule has 0 amide bonds. The van der Waals surface area contributed by atoms with Gasteiger partial charge in [0, 0.05) is 5.71 Å². The number of ether oxygens (including phenoxy) is 1. The van der Waals surface area contributed by atoms with Gasteiger partial charge in [0.25, 0.3) is 0 Å². The Hall–Kier alpha value is -1.19. The average molecular weight is 154 g/mol. The van der Waals surface area contributed by atoms with Gasteiger partial charge in [0.05, 0.1) is 11.8 Å². The van der Waals surface area contributed by atoms with Crippen LogP contribution in [0.5, 0.6) is 0 Å². The van der Waals surface area contributed by atoms with Crippen molar-refractivity contribution in [3.05, 3.63) is 0 Å². The zero-order valence-corrected chi connectivity index (χ0v) is 6.26. The number of hydrogen-bond acceptors (Lipinski definition) is 4. The second kappa shape index (κ2) is 2.82. The molecule has 0 saturated carbocycles. The van der Waals surface area contributed by atoms with Crippen LogP contribution in [-0.4, -0.2) is 24.5 Å². The van der Waals surface area contributed by atoms with Crippen molar-refractivity contribution < 1.29 is 9.53 Å². The third kappa shape index (κ3) is 1.29. The summed E-state index contributed by atoms with van der Waals surface area (Å²) in [5.74, 6) is -0.689. The van der Waals surface area contributed by atoms with E-state index < -0.39 is 5.92 Å². The highest BCUT2D eigenvalue weighted by Crippen LogP contribution is 2.15. The van der Waals surface area contributed by atoms with E-state index in [0.717, 1.165) is 0 Å². The van der Waals surface area contributed by atoms with Crippen molar-refractivity contribution in [2.45, 2.75) is 6.92 Å². The molecule has 1 saturated heterocycles. The maximum absolute atomic E-state index is 10.3. The number of aldehydes is 1. The molecule has 60 valence electrons. The summed E-state index contributed by atoms with van der Waals surface area (Å²) in [6, 6.07) is 0. The Balaban J connectivity index is 2.74. The lowest BCUT2D eigenvalue weighted by atomic mass is 9.92. The van der Waals surface area contributed by atoms with Crippen LogP contribution in [-0.2, 0) is 9.53 Å². The van der Waals surface area contributed by atoms with Crippen molar-refractivity contribution in [1.29, 1.82) is 10.8 Å². The van der Waals surface area contributed by atoms with E-state index in [4.69, 9.17) is 15.6 Å². The fourth-order valence-electron chi connectivity index (χ4n) is 0.969. The van der Waals surface area contributed by atoms with Gasteiger partial charge in [-0.25, -0.2) is 0 Å². The Bertz CT molecular complexity index is 208. The van der Waals surface area contributed by atoms with E-state index >= 15 is 0 Å². The van der Waals surface area contributed by atoms with Crippen LogP contribution in [0.15, 0.2) is 0 Å². The van der Waals surface area contributed by atoms with Gasteiger partial charge in [0.1, 0.15) is 12.9 Å². The molecule has 2 atom stereocenters. The first-order valence-corrected chi connectivity index (χ1v) is 3.41. The van der Waals surface area contributed by atoms with Crippen LogP contribution in [0.25, 0.3) is 0 Å². The predicted molar refractivity (Wildman–Crippen MR) is 40.1 cm³/mol. The van der Waals surface area contributed by atoms with Gasteiger partial charge in [0.2, 0.25) is 0 Å². The quantitative estimate of drug-likeness (QED) is 0.538. The maximum Gasteiger partial charge on any atom is 0.189 e. The predicted octanol–water partition coefficient (Wildman–Crippen LogP) is 0.465. The van der Waals surface area contributed by atoms with Crippen molar-refractivity contribution in [3.63, 3.8) is 0 Å². The van der Waals surface area contributed by atoms with Crippen LogP contribution in [0.2, 0.25) is 0 Å². The Morgan fingerprint density at radius 2 is 2.27 bits per heavy atom. The van der Waals surface area contributed by atoms with Gasteiger partial charge in [-0.3, -0.25) is 5.41 Å².